The van der Waals surface area contributed by atoms with Gasteiger partial charge in [-0.3, -0.25) is 4.79 Å². The Hall–Kier alpha value is -2.28. The Morgan fingerprint density at radius 3 is 2.78 bits per heavy atom. The standard InChI is InChI=1S/C11H11NO6/c13-7(11(15)16)4-12-10(14)6-1-2-8-9(3-6)18-5-17-8/h1-3,7,13H,4-5H2,(H,12,14)(H,15,16). The van der Waals surface area contributed by atoms with Gasteiger partial charge in [0.2, 0.25) is 6.79 Å². The molecule has 96 valence electrons. The predicted molar refractivity (Wildman–Crippen MR) is 58.5 cm³/mol. The van der Waals surface area contributed by atoms with Gasteiger partial charge in [-0.05, 0) is 18.2 Å². The van der Waals surface area contributed by atoms with Crippen molar-refractivity contribution in [3.05, 3.63) is 23.8 Å². The number of aliphatic carboxylic acids is 1. The summed E-state index contributed by atoms with van der Waals surface area (Å²) in [5, 5.41) is 19.8. The van der Waals surface area contributed by atoms with Crippen molar-refractivity contribution in [1.29, 1.82) is 0 Å². The van der Waals surface area contributed by atoms with Crippen molar-refractivity contribution in [3.8, 4) is 11.5 Å². The minimum atomic E-state index is -1.62. The quantitative estimate of drug-likeness (QED) is 0.673. The molecular weight excluding hydrogens is 242 g/mol. The second-order valence-corrected chi connectivity index (χ2v) is 3.63. The van der Waals surface area contributed by atoms with E-state index in [9.17, 15) is 9.59 Å². The van der Waals surface area contributed by atoms with E-state index in [1.807, 2.05) is 0 Å². The molecule has 1 unspecified atom stereocenters. The van der Waals surface area contributed by atoms with Gasteiger partial charge >= 0.3 is 5.97 Å². The molecule has 0 saturated carbocycles. The molecule has 0 aromatic heterocycles. The molecule has 1 aromatic carbocycles. The average molecular weight is 253 g/mol. The van der Waals surface area contributed by atoms with E-state index in [0.29, 0.717) is 17.1 Å². The van der Waals surface area contributed by atoms with Crippen molar-refractivity contribution in [2.45, 2.75) is 6.10 Å². The fourth-order valence-electron chi connectivity index (χ4n) is 1.42. The highest BCUT2D eigenvalue weighted by Crippen LogP contribution is 2.32. The fraction of sp³-hybridized carbons (Fsp3) is 0.273. The molecule has 1 amide bonds. The van der Waals surface area contributed by atoms with Gasteiger partial charge in [-0.1, -0.05) is 0 Å². The van der Waals surface area contributed by atoms with Crippen molar-refractivity contribution in [3.63, 3.8) is 0 Å². The van der Waals surface area contributed by atoms with Crippen LogP contribution in [0.4, 0.5) is 0 Å². The number of hydrogen-bond acceptors (Lipinski definition) is 5. The molecule has 0 aliphatic carbocycles. The highest BCUT2D eigenvalue weighted by Gasteiger charge is 2.18. The van der Waals surface area contributed by atoms with Crippen molar-refractivity contribution >= 4 is 11.9 Å². The van der Waals surface area contributed by atoms with Gasteiger partial charge in [0, 0.05) is 5.56 Å². The number of carboxylic acid groups (broad SMARTS) is 1. The summed E-state index contributed by atoms with van der Waals surface area (Å²) in [6, 6.07) is 4.60. The zero-order chi connectivity index (χ0) is 13.1. The summed E-state index contributed by atoms with van der Waals surface area (Å²) in [6.07, 6.45) is -1.62. The number of fused-ring (bicyclic) bond motifs is 1. The van der Waals surface area contributed by atoms with Crippen LogP contribution in [-0.2, 0) is 4.79 Å². The molecule has 0 saturated heterocycles. The smallest absolute Gasteiger partial charge is 0.334 e. The number of aliphatic hydroxyl groups is 1. The first-order valence-electron chi connectivity index (χ1n) is 5.16. The third kappa shape index (κ3) is 2.51. The highest BCUT2D eigenvalue weighted by atomic mass is 16.7. The maximum absolute atomic E-state index is 11.7. The van der Waals surface area contributed by atoms with Crippen LogP contribution in [0.15, 0.2) is 18.2 Å². The first kappa shape index (κ1) is 12.2. The minimum Gasteiger partial charge on any atom is -0.479 e. The maximum Gasteiger partial charge on any atom is 0.334 e. The number of nitrogens with one attached hydrogen (secondary N) is 1. The van der Waals surface area contributed by atoms with Crippen LogP contribution in [0.1, 0.15) is 10.4 Å². The molecule has 7 nitrogen and oxygen atoms in total. The Balaban J connectivity index is 1.99. The predicted octanol–water partition coefficient (Wildman–Crippen LogP) is -0.409. The summed E-state index contributed by atoms with van der Waals surface area (Å²) < 4.78 is 10.2. The zero-order valence-corrected chi connectivity index (χ0v) is 9.25. The number of benzene rings is 1. The normalized spacial score (nSPS) is 14.1. The van der Waals surface area contributed by atoms with E-state index >= 15 is 0 Å². The molecule has 0 fully saturated rings. The summed E-state index contributed by atoms with van der Waals surface area (Å²) in [7, 11) is 0. The fourth-order valence-corrected chi connectivity index (χ4v) is 1.42. The molecule has 18 heavy (non-hydrogen) atoms. The summed E-state index contributed by atoms with van der Waals surface area (Å²) in [6.45, 7) is -0.249. The van der Waals surface area contributed by atoms with Crippen LogP contribution in [-0.4, -0.2) is 41.5 Å². The Bertz CT molecular complexity index is 486. The SMILES string of the molecule is O=C(NCC(O)C(=O)O)c1ccc2c(c1)OCO2. The van der Waals surface area contributed by atoms with Gasteiger partial charge in [-0.25, -0.2) is 4.79 Å². The molecule has 7 heteroatoms. The van der Waals surface area contributed by atoms with E-state index in [2.05, 4.69) is 5.32 Å². The van der Waals surface area contributed by atoms with Crippen molar-refractivity contribution < 1.29 is 29.3 Å². The third-order valence-electron chi connectivity index (χ3n) is 2.38. The van der Waals surface area contributed by atoms with Crippen LogP contribution in [0.2, 0.25) is 0 Å². The topological polar surface area (TPSA) is 105 Å². The number of amides is 1. The van der Waals surface area contributed by atoms with Gasteiger partial charge in [0.15, 0.2) is 17.6 Å². The Kier molecular flexibility index (Phi) is 3.33. The zero-order valence-electron chi connectivity index (χ0n) is 9.25. The van der Waals surface area contributed by atoms with Crippen molar-refractivity contribution in [2.75, 3.05) is 13.3 Å². The lowest BCUT2D eigenvalue weighted by Gasteiger charge is -2.08. The van der Waals surface area contributed by atoms with E-state index in [1.54, 1.807) is 6.07 Å². The van der Waals surface area contributed by atoms with Crippen LogP contribution in [0.3, 0.4) is 0 Å². The molecule has 1 aromatic rings. The first-order chi connectivity index (χ1) is 8.58. The first-order valence-corrected chi connectivity index (χ1v) is 5.16. The van der Waals surface area contributed by atoms with Gasteiger partial charge in [0.25, 0.3) is 5.91 Å². The lowest BCUT2D eigenvalue weighted by atomic mass is 10.2. The molecule has 0 bridgehead atoms. The lowest BCUT2D eigenvalue weighted by molar-refractivity contribution is -0.146. The monoisotopic (exact) mass is 253 g/mol. The van der Waals surface area contributed by atoms with E-state index in [-0.39, 0.29) is 13.3 Å². The van der Waals surface area contributed by atoms with Crippen molar-refractivity contribution in [2.24, 2.45) is 0 Å². The number of carbonyl (C=O) groups excluding carboxylic acids is 1. The number of carbonyl (C=O) groups is 2. The molecule has 0 radical (unpaired) electrons. The summed E-state index contributed by atoms with van der Waals surface area (Å²) in [5.41, 5.74) is 0.303. The van der Waals surface area contributed by atoms with Crippen LogP contribution in [0, 0.1) is 0 Å². The van der Waals surface area contributed by atoms with Gasteiger partial charge < -0.3 is 25.0 Å². The lowest BCUT2D eigenvalue weighted by Crippen LogP contribution is -2.36. The molecular formula is C11H11NO6. The molecule has 0 spiro atoms. The van der Waals surface area contributed by atoms with E-state index in [1.165, 1.54) is 12.1 Å². The van der Waals surface area contributed by atoms with E-state index < -0.39 is 18.0 Å². The van der Waals surface area contributed by atoms with Crippen molar-refractivity contribution in [1.82, 2.24) is 5.32 Å². The number of aliphatic hydroxyl groups excluding tert-OH is 1. The summed E-state index contributed by atoms with van der Waals surface area (Å²) in [4.78, 5) is 22.0. The largest absolute Gasteiger partial charge is 0.479 e. The molecule has 3 N–H and O–H groups in total. The van der Waals surface area contributed by atoms with E-state index in [4.69, 9.17) is 19.7 Å². The molecule has 1 aliphatic heterocycles. The summed E-state index contributed by atoms with van der Waals surface area (Å²) in [5.74, 6) is -0.867. The van der Waals surface area contributed by atoms with Gasteiger partial charge in [-0.2, -0.15) is 0 Å². The molecule has 2 rings (SSSR count). The maximum atomic E-state index is 11.7. The Labute approximate surface area is 102 Å². The van der Waals surface area contributed by atoms with Gasteiger partial charge in [0.1, 0.15) is 0 Å². The number of ether oxygens (including phenoxy) is 2. The van der Waals surface area contributed by atoms with Gasteiger partial charge in [0.05, 0.1) is 6.54 Å². The van der Waals surface area contributed by atoms with Crippen LogP contribution in [0.25, 0.3) is 0 Å². The highest BCUT2D eigenvalue weighted by molar-refractivity contribution is 5.95. The second-order valence-electron chi connectivity index (χ2n) is 3.63. The number of rotatable bonds is 4. The summed E-state index contributed by atoms with van der Waals surface area (Å²) >= 11 is 0. The van der Waals surface area contributed by atoms with Crippen LogP contribution >= 0.6 is 0 Å². The minimum absolute atomic E-state index is 0.109. The Morgan fingerprint density at radius 2 is 2.06 bits per heavy atom. The Morgan fingerprint density at radius 1 is 1.33 bits per heavy atom. The number of carboxylic acids is 1. The average Bonchev–Trinajstić information content (AvgIpc) is 2.82. The molecule has 1 aliphatic rings. The van der Waals surface area contributed by atoms with Gasteiger partial charge in [-0.15, -0.1) is 0 Å². The molecule has 1 atom stereocenters. The second kappa shape index (κ2) is 4.92. The number of hydrogen-bond donors (Lipinski definition) is 3. The van der Waals surface area contributed by atoms with Crippen LogP contribution in [0.5, 0.6) is 11.5 Å². The molecule has 1 heterocycles. The van der Waals surface area contributed by atoms with Crippen LogP contribution < -0.4 is 14.8 Å². The van der Waals surface area contributed by atoms with E-state index in [0.717, 1.165) is 0 Å². The third-order valence-corrected chi connectivity index (χ3v) is 2.38.